The maximum atomic E-state index is 11.5. The zero-order valence-corrected chi connectivity index (χ0v) is 12.7. The summed E-state index contributed by atoms with van der Waals surface area (Å²) >= 11 is 5.42. The number of carbonyl (C=O) groups is 1. The quantitative estimate of drug-likeness (QED) is 0.670. The number of piperidine rings is 1. The third-order valence-corrected chi connectivity index (χ3v) is 3.98. The second-order valence-corrected chi connectivity index (χ2v) is 5.47. The summed E-state index contributed by atoms with van der Waals surface area (Å²) < 4.78 is 4.79. The van der Waals surface area contributed by atoms with E-state index < -0.39 is 0 Å². The van der Waals surface area contributed by atoms with Crippen molar-refractivity contribution in [3.8, 4) is 0 Å². The predicted molar refractivity (Wildman–Crippen MR) is 83.7 cm³/mol. The minimum absolute atomic E-state index is 0.0124. The van der Waals surface area contributed by atoms with Crippen LogP contribution in [-0.4, -0.2) is 36.2 Å². The van der Waals surface area contributed by atoms with Crippen LogP contribution in [0.15, 0.2) is 24.3 Å². The van der Waals surface area contributed by atoms with Gasteiger partial charge in [0, 0.05) is 18.8 Å². The number of rotatable bonds is 2. The van der Waals surface area contributed by atoms with Crippen LogP contribution in [0.5, 0.6) is 0 Å². The molecule has 0 saturated carbocycles. The number of nitrogens with zero attached hydrogens (tertiary/aromatic N) is 1. The first-order chi connectivity index (χ1) is 9.60. The molecule has 1 fully saturated rings. The molecule has 4 nitrogen and oxygen atoms in total. The Labute approximate surface area is 125 Å². The van der Waals surface area contributed by atoms with Crippen molar-refractivity contribution in [2.24, 2.45) is 5.92 Å². The second kappa shape index (κ2) is 6.70. The SMILES string of the molecule is COC(=O)C1CCN(C(=S)Nc2ccc(C)cc2)CC1. The van der Waals surface area contributed by atoms with E-state index in [-0.39, 0.29) is 11.9 Å². The molecule has 108 valence electrons. The largest absolute Gasteiger partial charge is 0.469 e. The number of hydrogen-bond donors (Lipinski definition) is 1. The highest BCUT2D eigenvalue weighted by Crippen LogP contribution is 2.19. The van der Waals surface area contributed by atoms with Crippen LogP contribution >= 0.6 is 12.2 Å². The number of nitrogens with one attached hydrogen (secondary N) is 1. The topological polar surface area (TPSA) is 41.6 Å². The fraction of sp³-hybridized carbons (Fsp3) is 0.467. The van der Waals surface area contributed by atoms with Crippen LogP contribution in [0.1, 0.15) is 18.4 Å². The lowest BCUT2D eigenvalue weighted by molar-refractivity contribution is -0.146. The molecule has 1 aromatic carbocycles. The molecule has 1 N–H and O–H groups in total. The minimum Gasteiger partial charge on any atom is -0.469 e. The molecule has 0 aromatic heterocycles. The van der Waals surface area contributed by atoms with E-state index in [1.807, 2.05) is 12.1 Å². The van der Waals surface area contributed by atoms with Crippen LogP contribution in [0.25, 0.3) is 0 Å². The Hall–Kier alpha value is -1.62. The molecule has 0 unspecified atom stereocenters. The number of methoxy groups -OCH3 is 1. The molecule has 2 rings (SSSR count). The molecular formula is C15H20N2O2S. The first-order valence-electron chi connectivity index (χ1n) is 6.80. The summed E-state index contributed by atoms with van der Waals surface area (Å²) in [4.78, 5) is 13.6. The monoisotopic (exact) mass is 292 g/mol. The van der Waals surface area contributed by atoms with E-state index in [0.29, 0.717) is 0 Å². The maximum absolute atomic E-state index is 11.5. The van der Waals surface area contributed by atoms with Crippen molar-refractivity contribution in [2.45, 2.75) is 19.8 Å². The van der Waals surface area contributed by atoms with Crippen LogP contribution in [0.2, 0.25) is 0 Å². The van der Waals surface area contributed by atoms with E-state index in [0.717, 1.165) is 36.7 Å². The molecule has 1 aliphatic heterocycles. The van der Waals surface area contributed by atoms with Crippen molar-refractivity contribution >= 4 is 29.0 Å². The van der Waals surface area contributed by atoms with Gasteiger partial charge in [-0.3, -0.25) is 4.79 Å². The lowest BCUT2D eigenvalue weighted by Gasteiger charge is -2.32. The molecule has 0 spiro atoms. The first kappa shape index (κ1) is 14.8. The van der Waals surface area contributed by atoms with Gasteiger partial charge in [0.2, 0.25) is 0 Å². The van der Waals surface area contributed by atoms with Gasteiger partial charge in [0.05, 0.1) is 13.0 Å². The number of hydrogen-bond acceptors (Lipinski definition) is 3. The molecule has 0 atom stereocenters. The van der Waals surface area contributed by atoms with Crippen molar-refractivity contribution in [3.05, 3.63) is 29.8 Å². The molecule has 0 aliphatic carbocycles. The highest BCUT2D eigenvalue weighted by molar-refractivity contribution is 7.80. The first-order valence-corrected chi connectivity index (χ1v) is 7.21. The summed E-state index contributed by atoms with van der Waals surface area (Å²) in [5, 5.41) is 3.96. The van der Waals surface area contributed by atoms with Crippen molar-refractivity contribution in [1.82, 2.24) is 4.90 Å². The number of esters is 1. The van der Waals surface area contributed by atoms with Crippen molar-refractivity contribution in [1.29, 1.82) is 0 Å². The molecule has 0 amide bonds. The number of anilines is 1. The summed E-state index contributed by atoms with van der Waals surface area (Å²) in [5.74, 6) is -0.0968. The molecule has 1 saturated heterocycles. The third-order valence-electron chi connectivity index (χ3n) is 3.62. The van der Waals surface area contributed by atoms with Crippen molar-refractivity contribution in [3.63, 3.8) is 0 Å². The smallest absolute Gasteiger partial charge is 0.308 e. The van der Waals surface area contributed by atoms with Crippen molar-refractivity contribution < 1.29 is 9.53 Å². The summed E-state index contributed by atoms with van der Waals surface area (Å²) in [5.41, 5.74) is 2.22. The lowest BCUT2D eigenvalue weighted by atomic mass is 9.97. The van der Waals surface area contributed by atoms with Gasteiger partial charge in [-0.2, -0.15) is 0 Å². The normalized spacial score (nSPS) is 15.8. The number of ether oxygens (including phenoxy) is 1. The Kier molecular flexibility index (Phi) is 4.95. The lowest BCUT2D eigenvalue weighted by Crippen LogP contribution is -2.42. The second-order valence-electron chi connectivity index (χ2n) is 5.08. The van der Waals surface area contributed by atoms with E-state index in [1.165, 1.54) is 12.7 Å². The Morgan fingerprint density at radius 2 is 1.90 bits per heavy atom. The average molecular weight is 292 g/mol. The fourth-order valence-electron chi connectivity index (χ4n) is 2.32. The van der Waals surface area contributed by atoms with Crippen LogP contribution < -0.4 is 5.32 Å². The van der Waals surface area contributed by atoms with Gasteiger partial charge in [0.1, 0.15) is 0 Å². The molecule has 0 bridgehead atoms. The van der Waals surface area contributed by atoms with Gasteiger partial charge < -0.3 is 15.0 Å². The van der Waals surface area contributed by atoms with Gasteiger partial charge in [0.25, 0.3) is 0 Å². The molecule has 5 heteroatoms. The van der Waals surface area contributed by atoms with Crippen LogP contribution in [0.4, 0.5) is 5.69 Å². The highest BCUT2D eigenvalue weighted by atomic mass is 32.1. The van der Waals surface area contributed by atoms with Gasteiger partial charge in [-0.25, -0.2) is 0 Å². The molecule has 1 heterocycles. The van der Waals surface area contributed by atoms with E-state index in [9.17, 15) is 4.79 Å². The Morgan fingerprint density at radius 1 is 1.30 bits per heavy atom. The zero-order valence-electron chi connectivity index (χ0n) is 11.9. The molecule has 1 aliphatic rings. The standard InChI is InChI=1S/C15H20N2O2S/c1-11-3-5-13(6-4-11)16-15(20)17-9-7-12(8-10-17)14(18)19-2/h3-6,12H,7-10H2,1-2H3,(H,16,20). The summed E-state index contributed by atoms with van der Waals surface area (Å²) in [7, 11) is 1.44. The summed E-state index contributed by atoms with van der Waals surface area (Å²) in [6.45, 7) is 3.63. The van der Waals surface area contributed by atoms with Crippen molar-refractivity contribution in [2.75, 3.05) is 25.5 Å². The Balaban J connectivity index is 1.85. The molecule has 0 radical (unpaired) electrons. The molecule has 20 heavy (non-hydrogen) atoms. The number of carbonyl (C=O) groups excluding carboxylic acids is 1. The van der Waals surface area contributed by atoms with E-state index in [1.54, 1.807) is 0 Å². The van der Waals surface area contributed by atoms with Gasteiger partial charge >= 0.3 is 5.97 Å². The average Bonchev–Trinajstić information content (AvgIpc) is 2.49. The van der Waals surface area contributed by atoms with Gasteiger partial charge in [-0.15, -0.1) is 0 Å². The highest BCUT2D eigenvalue weighted by Gasteiger charge is 2.26. The number of thiocarbonyl (C=S) groups is 1. The molecule has 1 aromatic rings. The number of benzene rings is 1. The van der Waals surface area contributed by atoms with Crippen LogP contribution in [0.3, 0.4) is 0 Å². The summed E-state index contributed by atoms with van der Waals surface area (Å²) in [6, 6.07) is 8.13. The number of likely N-dealkylation sites (tertiary alicyclic amines) is 1. The zero-order chi connectivity index (χ0) is 14.5. The van der Waals surface area contributed by atoms with E-state index >= 15 is 0 Å². The van der Waals surface area contributed by atoms with E-state index in [4.69, 9.17) is 17.0 Å². The van der Waals surface area contributed by atoms with Gasteiger partial charge in [-0.05, 0) is 44.1 Å². The predicted octanol–water partition coefficient (Wildman–Crippen LogP) is 2.58. The van der Waals surface area contributed by atoms with Gasteiger partial charge in [-0.1, -0.05) is 17.7 Å². The minimum atomic E-state index is -0.109. The Morgan fingerprint density at radius 3 is 2.45 bits per heavy atom. The van der Waals surface area contributed by atoms with Crippen LogP contribution in [0, 0.1) is 12.8 Å². The van der Waals surface area contributed by atoms with Gasteiger partial charge in [0.15, 0.2) is 5.11 Å². The maximum Gasteiger partial charge on any atom is 0.308 e. The summed E-state index contributed by atoms with van der Waals surface area (Å²) in [6.07, 6.45) is 1.59. The van der Waals surface area contributed by atoms with E-state index in [2.05, 4.69) is 29.3 Å². The fourth-order valence-corrected chi connectivity index (χ4v) is 2.62. The number of aryl methyl sites for hydroxylation is 1. The van der Waals surface area contributed by atoms with Crippen LogP contribution in [-0.2, 0) is 9.53 Å². The third kappa shape index (κ3) is 3.70. The molecular weight excluding hydrogens is 272 g/mol. The Bertz CT molecular complexity index is 479.